The molecule has 1 fully saturated rings. The molecule has 0 bridgehead atoms. The average Bonchev–Trinajstić information content (AvgIpc) is 2.85. The molecule has 1 aromatic heterocycles. The summed E-state index contributed by atoms with van der Waals surface area (Å²) in [7, 11) is -15.5. The lowest BCUT2D eigenvalue weighted by Gasteiger charge is -2.20. The van der Waals surface area contributed by atoms with E-state index >= 15 is 0 Å². The van der Waals surface area contributed by atoms with Crippen LogP contribution < -0.4 is 11.2 Å². The number of aliphatic hydroxyl groups is 1. The molecule has 0 aliphatic carbocycles. The third-order valence-electron chi connectivity index (χ3n) is 3.53. The molecule has 2 heterocycles. The van der Waals surface area contributed by atoms with Gasteiger partial charge in [-0.15, -0.1) is 0 Å². The van der Waals surface area contributed by atoms with Crippen LogP contribution in [0.3, 0.4) is 0 Å². The first-order chi connectivity index (χ1) is 13.6. The van der Waals surface area contributed by atoms with Gasteiger partial charge >= 0.3 is 29.2 Å². The predicted molar refractivity (Wildman–Crippen MR) is 91.9 cm³/mol. The molecule has 0 radical (unpaired) electrons. The first-order valence-corrected chi connectivity index (χ1v) is 12.1. The number of phosphoric ester groups is 1. The fraction of sp³-hybridized carbons (Fsp3) is 0.600. The van der Waals surface area contributed by atoms with E-state index in [1.54, 1.807) is 0 Å². The van der Waals surface area contributed by atoms with E-state index in [0.29, 0.717) is 0 Å². The monoisotopic (exact) mass is 498 g/mol. The minimum absolute atomic E-state index is 0.701. The number of phosphoric acid groups is 3. The molecule has 0 spiro atoms. The van der Waals surface area contributed by atoms with E-state index in [9.17, 15) is 33.3 Å². The lowest BCUT2D eigenvalue weighted by molar-refractivity contribution is -0.0619. The molecule has 172 valence electrons. The van der Waals surface area contributed by atoms with Crippen LogP contribution >= 0.6 is 23.5 Å². The molecular formula is C10H17N2O15P3. The van der Waals surface area contributed by atoms with Crippen LogP contribution in [0, 0.1) is 0 Å². The van der Waals surface area contributed by atoms with Crippen LogP contribution in [0.2, 0.25) is 0 Å². The number of nitrogens with one attached hydrogen (secondary N) is 1. The topological polar surface area (TPSA) is 253 Å². The summed E-state index contributed by atoms with van der Waals surface area (Å²) >= 11 is 0. The number of ether oxygens (including phenoxy) is 2. The van der Waals surface area contributed by atoms with Gasteiger partial charge in [-0.3, -0.25) is 18.9 Å². The largest absolute Gasteiger partial charge is 0.490 e. The van der Waals surface area contributed by atoms with Crippen molar-refractivity contribution in [2.75, 3.05) is 13.7 Å². The third-order valence-corrected chi connectivity index (χ3v) is 7.33. The van der Waals surface area contributed by atoms with Gasteiger partial charge in [0.2, 0.25) is 0 Å². The Kier molecular flexibility index (Phi) is 7.76. The summed E-state index contributed by atoms with van der Waals surface area (Å²) in [5.41, 5.74) is -1.61. The first kappa shape index (κ1) is 25.2. The zero-order chi connectivity index (χ0) is 22.9. The van der Waals surface area contributed by atoms with Gasteiger partial charge in [0.1, 0.15) is 18.3 Å². The van der Waals surface area contributed by atoms with Crippen molar-refractivity contribution in [2.24, 2.45) is 0 Å². The van der Waals surface area contributed by atoms with E-state index in [-0.39, 0.29) is 0 Å². The lowest BCUT2D eigenvalue weighted by atomic mass is 10.1. The van der Waals surface area contributed by atoms with Gasteiger partial charge in [0, 0.05) is 19.4 Å². The zero-order valence-electron chi connectivity index (χ0n) is 14.8. The Balaban J connectivity index is 2.10. The number of rotatable bonds is 9. The van der Waals surface area contributed by atoms with Crippen molar-refractivity contribution in [3.8, 4) is 0 Å². The molecule has 1 aliphatic heterocycles. The highest BCUT2D eigenvalue weighted by Crippen LogP contribution is 2.66. The minimum atomic E-state index is -5.71. The Labute approximate surface area is 166 Å². The van der Waals surface area contributed by atoms with Crippen LogP contribution in [0.15, 0.2) is 21.9 Å². The smallest absolute Gasteiger partial charge is 0.387 e. The van der Waals surface area contributed by atoms with E-state index in [2.05, 4.69) is 13.1 Å². The summed E-state index contributed by atoms with van der Waals surface area (Å²) in [5.74, 6) is 0. The number of aromatic amines is 1. The van der Waals surface area contributed by atoms with Gasteiger partial charge in [-0.1, -0.05) is 0 Å². The fourth-order valence-electron chi connectivity index (χ4n) is 2.43. The second-order valence-corrected chi connectivity index (χ2v) is 10.1. The summed E-state index contributed by atoms with van der Waals surface area (Å²) in [6, 6.07) is 0.989. The normalized spacial score (nSPS) is 28.7. The SMILES string of the molecule is CO[C@@H]1[C@H](O)[C@@H](COP(=O)(O)OP(=O)(O)OP(=O)(O)O)O[C@H]1n1ccc(=O)[nH]c1=O. The highest BCUT2D eigenvalue weighted by molar-refractivity contribution is 7.66. The van der Waals surface area contributed by atoms with Crippen LogP contribution in [-0.4, -0.2) is 66.3 Å². The Morgan fingerprint density at radius 3 is 2.30 bits per heavy atom. The van der Waals surface area contributed by atoms with Gasteiger partial charge in [0.15, 0.2) is 6.23 Å². The van der Waals surface area contributed by atoms with Gasteiger partial charge in [0.05, 0.1) is 6.61 Å². The molecule has 1 aromatic rings. The van der Waals surface area contributed by atoms with Gasteiger partial charge in [-0.2, -0.15) is 8.62 Å². The Morgan fingerprint density at radius 1 is 1.13 bits per heavy atom. The molecule has 6 atom stereocenters. The zero-order valence-corrected chi connectivity index (χ0v) is 17.5. The van der Waals surface area contributed by atoms with Crippen LogP contribution in [0.5, 0.6) is 0 Å². The molecule has 20 heteroatoms. The van der Waals surface area contributed by atoms with Crippen LogP contribution in [0.4, 0.5) is 0 Å². The maximum Gasteiger partial charge on any atom is 0.490 e. The van der Waals surface area contributed by atoms with E-state index in [1.165, 1.54) is 0 Å². The summed E-state index contributed by atoms with van der Waals surface area (Å²) in [6.07, 6.45) is -4.45. The highest BCUT2D eigenvalue weighted by Gasteiger charge is 2.47. The van der Waals surface area contributed by atoms with Crippen LogP contribution in [0.1, 0.15) is 6.23 Å². The summed E-state index contributed by atoms with van der Waals surface area (Å²) < 4.78 is 56.4. The number of methoxy groups -OCH3 is 1. The second kappa shape index (κ2) is 9.22. The molecule has 1 saturated heterocycles. The minimum Gasteiger partial charge on any atom is -0.387 e. The van der Waals surface area contributed by atoms with E-state index < -0.39 is 65.9 Å². The number of aromatic nitrogens is 2. The molecule has 17 nitrogen and oxygen atoms in total. The number of aliphatic hydroxyl groups excluding tert-OH is 1. The molecule has 0 saturated carbocycles. The van der Waals surface area contributed by atoms with Crippen molar-refractivity contribution in [2.45, 2.75) is 24.5 Å². The summed E-state index contributed by atoms with van der Waals surface area (Å²) in [5, 5.41) is 10.2. The molecule has 0 aromatic carbocycles. The third kappa shape index (κ3) is 6.73. The standard InChI is InChI=1S/C10H17N2O15P3/c1-23-8-7(14)5(25-9(8)12-3-2-6(13)11-10(12)15)4-24-29(19,20)27-30(21,22)26-28(16,17)18/h2-3,5,7-9,14H,4H2,1H3,(H,19,20)(H,21,22)(H,11,13,15)(H2,16,17,18)/t5-,7-,8-,9-/m1/s1. The molecular weight excluding hydrogens is 481 g/mol. The number of nitrogens with zero attached hydrogens (tertiary/aromatic N) is 1. The highest BCUT2D eigenvalue weighted by atomic mass is 31.3. The predicted octanol–water partition coefficient (Wildman–Crippen LogP) is -1.85. The Hall–Kier alpha value is -1.03. The van der Waals surface area contributed by atoms with E-state index in [0.717, 1.165) is 23.9 Å². The van der Waals surface area contributed by atoms with Crippen LogP contribution in [-0.2, 0) is 36.3 Å². The van der Waals surface area contributed by atoms with Crippen molar-refractivity contribution in [3.05, 3.63) is 33.1 Å². The van der Waals surface area contributed by atoms with Crippen LogP contribution in [0.25, 0.3) is 0 Å². The molecule has 0 amide bonds. The first-order valence-electron chi connectivity index (χ1n) is 7.60. The Bertz CT molecular complexity index is 1010. The average molecular weight is 498 g/mol. The molecule has 2 rings (SSSR count). The number of hydrogen-bond acceptors (Lipinski definition) is 11. The van der Waals surface area contributed by atoms with Gasteiger partial charge in [-0.05, 0) is 0 Å². The maximum absolute atomic E-state index is 11.9. The molecule has 30 heavy (non-hydrogen) atoms. The van der Waals surface area contributed by atoms with Gasteiger partial charge in [-0.25, -0.2) is 18.5 Å². The quantitative estimate of drug-likeness (QED) is 0.204. The molecule has 2 unspecified atom stereocenters. The van der Waals surface area contributed by atoms with Crippen molar-refractivity contribution in [1.29, 1.82) is 0 Å². The van der Waals surface area contributed by atoms with Crippen molar-refractivity contribution in [3.63, 3.8) is 0 Å². The van der Waals surface area contributed by atoms with E-state index in [1.807, 2.05) is 4.98 Å². The second-order valence-electron chi connectivity index (χ2n) is 5.66. The Morgan fingerprint density at radius 2 is 1.77 bits per heavy atom. The fourth-order valence-corrected chi connectivity index (χ4v) is 5.46. The number of hydrogen-bond donors (Lipinski definition) is 6. The summed E-state index contributed by atoms with van der Waals surface area (Å²) in [4.78, 5) is 60.5. The van der Waals surface area contributed by atoms with Crippen molar-refractivity contribution >= 4 is 23.5 Å². The molecule has 6 N–H and O–H groups in total. The number of H-pyrrole nitrogens is 1. The van der Waals surface area contributed by atoms with Crippen molar-refractivity contribution < 1.29 is 61.0 Å². The van der Waals surface area contributed by atoms with Crippen molar-refractivity contribution in [1.82, 2.24) is 9.55 Å². The maximum atomic E-state index is 11.9. The van der Waals surface area contributed by atoms with Gasteiger partial charge < -0.3 is 34.2 Å². The lowest BCUT2D eigenvalue weighted by Crippen LogP contribution is -2.38. The van der Waals surface area contributed by atoms with Gasteiger partial charge in [0.25, 0.3) is 5.56 Å². The van der Waals surface area contributed by atoms with E-state index in [4.69, 9.17) is 24.2 Å². The summed E-state index contributed by atoms with van der Waals surface area (Å²) in [6.45, 7) is -0.959. The molecule has 1 aliphatic rings.